The highest BCUT2D eigenvalue weighted by Gasteiger charge is 2.10. The lowest BCUT2D eigenvalue weighted by molar-refractivity contribution is 0.102. The van der Waals surface area contributed by atoms with Crippen LogP contribution in [0.25, 0.3) is 0 Å². The number of halogens is 1. The van der Waals surface area contributed by atoms with E-state index in [1.54, 1.807) is 30.3 Å². The summed E-state index contributed by atoms with van der Waals surface area (Å²) >= 11 is 5.92. The van der Waals surface area contributed by atoms with E-state index in [4.69, 9.17) is 11.6 Å². The molecule has 3 aromatic rings. The molecule has 0 aliphatic rings. The number of carbonyl (C=O) groups excluding carboxylic acids is 1. The third-order valence-corrected chi connectivity index (χ3v) is 3.63. The van der Waals surface area contributed by atoms with Crippen LogP contribution in [0.15, 0.2) is 60.9 Å². The number of aromatic nitrogens is 2. The number of benzene rings is 2. The van der Waals surface area contributed by atoms with E-state index in [9.17, 15) is 4.79 Å². The zero-order valence-electron chi connectivity index (χ0n) is 13.0. The Balaban J connectivity index is 1.77. The van der Waals surface area contributed by atoms with Crippen LogP contribution in [-0.2, 0) is 0 Å². The maximum absolute atomic E-state index is 12.3. The Morgan fingerprint density at radius 2 is 1.88 bits per heavy atom. The van der Waals surface area contributed by atoms with Gasteiger partial charge in [0.1, 0.15) is 17.8 Å². The molecule has 120 valence electrons. The first-order valence-corrected chi connectivity index (χ1v) is 7.71. The molecule has 2 N–H and O–H groups in total. The summed E-state index contributed by atoms with van der Waals surface area (Å²) in [5, 5.41) is 6.50. The first kappa shape index (κ1) is 16.0. The summed E-state index contributed by atoms with van der Waals surface area (Å²) in [6, 6.07) is 16.4. The number of rotatable bonds is 4. The molecule has 2 aromatic carbocycles. The first-order valence-electron chi connectivity index (χ1n) is 7.33. The van der Waals surface area contributed by atoms with Crippen LogP contribution in [-0.4, -0.2) is 15.9 Å². The van der Waals surface area contributed by atoms with Gasteiger partial charge in [-0.3, -0.25) is 4.79 Å². The van der Waals surface area contributed by atoms with Crippen molar-refractivity contribution in [2.45, 2.75) is 6.92 Å². The highest BCUT2D eigenvalue weighted by atomic mass is 35.5. The summed E-state index contributed by atoms with van der Waals surface area (Å²) in [6.07, 6.45) is 1.35. The summed E-state index contributed by atoms with van der Waals surface area (Å²) in [6.45, 7) is 2.00. The van der Waals surface area contributed by atoms with Crippen molar-refractivity contribution in [2.75, 3.05) is 10.6 Å². The van der Waals surface area contributed by atoms with Crippen molar-refractivity contribution in [3.05, 3.63) is 77.2 Å². The number of nitrogens with zero attached hydrogens (tertiary/aromatic N) is 2. The van der Waals surface area contributed by atoms with E-state index in [1.165, 1.54) is 6.33 Å². The molecule has 1 heterocycles. The maximum atomic E-state index is 12.3. The monoisotopic (exact) mass is 338 g/mol. The van der Waals surface area contributed by atoms with Crippen molar-refractivity contribution in [2.24, 2.45) is 0 Å². The van der Waals surface area contributed by atoms with Gasteiger partial charge in [-0.05, 0) is 36.8 Å². The van der Waals surface area contributed by atoms with Gasteiger partial charge < -0.3 is 10.6 Å². The predicted octanol–water partition coefficient (Wildman–Crippen LogP) is 4.43. The van der Waals surface area contributed by atoms with Gasteiger partial charge in [0.15, 0.2) is 0 Å². The summed E-state index contributed by atoms with van der Waals surface area (Å²) in [7, 11) is 0. The molecule has 5 nitrogen and oxygen atoms in total. The minimum absolute atomic E-state index is 0.265. The second-order valence-electron chi connectivity index (χ2n) is 5.19. The first-order chi connectivity index (χ1) is 11.6. The van der Waals surface area contributed by atoms with E-state index < -0.39 is 0 Å². The van der Waals surface area contributed by atoms with Crippen molar-refractivity contribution in [1.82, 2.24) is 9.97 Å². The minimum Gasteiger partial charge on any atom is -0.340 e. The average Bonchev–Trinajstić information content (AvgIpc) is 2.57. The topological polar surface area (TPSA) is 66.9 Å². The van der Waals surface area contributed by atoms with Crippen LogP contribution < -0.4 is 10.6 Å². The molecule has 0 spiro atoms. The van der Waals surface area contributed by atoms with Crippen molar-refractivity contribution < 1.29 is 4.79 Å². The van der Waals surface area contributed by atoms with Crippen LogP contribution >= 0.6 is 11.6 Å². The molecule has 0 saturated carbocycles. The van der Waals surface area contributed by atoms with E-state index in [-0.39, 0.29) is 11.6 Å². The highest BCUT2D eigenvalue weighted by Crippen LogP contribution is 2.19. The number of para-hydroxylation sites is 1. The van der Waals surface area contributed by atoms with Crippen molar-refractivity contribution in [1.29, 1.82) is 0 Å². The SMILES string of the molecule is Cc1ccccc1Nc1cc(C(=O)Nc2cccc(Cl)c2)ncn1. The standard InChI is InChI=1S/C18H15ClN4O/c1-12-5-2-3-8-15(12)23-17-10-16(20-11-21-17)18(24)22-14-7-4-6-13(19)9-14/h2-11H,1H3,(H,22,24)(H,20,21,23). The van der Waals surface area contributed by atoms with Gasteiger partial charge in [-0.1, -0.05) is 35.9 Å². The van der Waals surface area contributed by atoms with E-state index in [2.05, 4.69) is 20.6 Å². The maximum Gasteiger partial charge on any atom is 0.274 e. The van der Waals surface area contributed by atoms with Crippen LogP contribution in [0.3, 0.4) is 0 Å². The molecule has 0 unspecified atom stereocenters. The summed E-state index contributed by atoms with van der Waals surface area (Å²) in [5.41, 5.74) is 2.89. The normalized spacial score (nSPS) is 10.2. The lowest BCUT2D eigenvalue weighted by atomic mass is 10.2. The Morgan fingerprint density at radius 3 is 2.67 bits per heavy atom. The molecule has 0 fully saturated rings. The van der Waals surface area contributed by atoms with E-state index in [1.807, 2.05) is 31.2 Å². The second-order valence-corrected chi connectivity index (χ2v) is 5.63. The van der Waals surface area contributed by atoms with E-state index in [0.29, 0.717) is 16.5 Å². The summed E-state index contributed by atoms with van der Waals surface area (Å²) in [5.74, 6) is 0.225. The van der Waals surface area contributed by atoms with Gasteiger partial charge in [-0.15, -0.1) is 0 Å². The molecule has 3 rings (SSSR count). The Morgan fingerprint density at radius 1 is 1.04 bits per heavy atom. The van der Waals surface area contributed by atoms with Gasteiger partial charge in [-0.2, -0.15) is 0 Å². The summed E-state index contributed by atoms with van der Waals surface area (Å²) < 4.78 is 0. The fraction of sp³-hybridized carbons (Fsp3) is 0.0556. The number of hydrogen-bond acceptors (Lipinski definition) is 4. The van der Waals surface area contributed by atoms with Gasteiger partial charge in [0.2, 0.25) is 0 Å². The molecular formula is C18H15ClN4O. The second kappa shape index (κ2) is 7.10. The Kier molecular flexibility index (Phi) is 4.72. The van der Waals surface area contributed by atoms with Crippen LogP contribution in [0.5, 0.6) is 0 Å². The Bertz CT molecular complexity index is 882. The van der Waals surface area contributed by atoms with Gasteiger partial charge in [0, 0.05) is 22.5 Å². The molecule has 1 amide bonds. The third kappa shape index (κ3) is 3.88. The largest absolute Gasteiger partial charge is 0.340 e. The summed E-state index contributed by atoms with van der Waals surface area (Å²) in [4.78, 5) is 20.5. The zero-order chi connectivity index (χ0) is 16.9. The quantitative estimate of drug-likeness (QED) is 0.738. The molecule has 0 saturated heterocycles. The highest BCUT2D eigenvalue weighted by molar-refractivity contribution is 6.30. The minimum atomic E-state index is -0.326. The van der Waals surface area contributed by atoms with Crippen LogP contribution in [0.1, 0.15) is 16.1 Å². The lowest BCUT2D eigenvalue weighted by Crippen LogP contribution is -2.14. The molecule has 1 aromatic heterocycles. The van der Waals surface area contributed by atoms with Crippen LogP contribution in [0, 0.1) is 6.92 Å². The smallest absolute Gasteiger partial charge is 0.274 e. The van der Waals surface area contributed by atoms with Crippen molar-refractivity contribution in [3.8, 4) is 0 Å². The molecule has 0 bridgehead atoms. The van der Waals surface area contributed by atoms with Gasteiger partial charge in [0.05, 0.1) is 0 Å². The molecule has 6 heteroatoms. The fourth-order valence-electron chi connectivity index (χ4n) is 2.16. The van der Waals surface area contributed by atoms with Crippen molar-refractivity contribution >= 4 is 34.7 Å². The average molecular weight is 339 g/mol. The molecule has 0 atom stereocenters. The van der Waals surface area contributed by atoms with Gasteiger partial charge in [0.25, 0.3) is 5.91 Å². The zero-order valence-corrected chi connectivity index (χ0v) is 13.7. The van der Waals surface area contributed by atoms with Crippen LogP contribution in [0.2, 0.25) is 5.02 Å². The predicted molar refractivity (Wildman–Crippen MR) is 95.9 cm³/mol. The number of nitrogens with one attached hydrogen (secondary N) is 2. The van der Waals surface area contributed by atoms with Crippen LogP contribution in [0.4, 0.5) is 17.2 Å². The molecule has 0 aliphatic heterocycles. The Hall–Kier alpha value is -2.92. The number of hydrogen-bond donors (Lipinski definition) is 2. The van der Waals surface area contributed by atoms with E-state index in [0.717, 1.165) is 11.3 Å². The van der Waals surface area contributed by atoms with Gasteiger partial charge in [-0.25, -0.2) is 9.97 Å². The molecular weight excluding hydrogens is 324 g/mol. The van der Waals surface area contributed by atoms with Crippen molar-refractivity contribution in [3.63, 3.8) is 0 Å². The fourth-order valence-corrected chi connectivity index (χ4v) is 2.35. The number of amides is 1. The number of anilines is 3. The number of aryl methyl sites for hydroxylation is 1. The molecule has 0 radical (unpaired) electrons. The third-order valence-electron chi connectivity index (χ3n) is 3.39. The molecule has 24 heavy (non-hydrogen) atoms. The number of carbonyl (C=O) groups is 1. The van der Waals surface area contributed by atoms with Gasteiger partial charge >= 0.3 is 0 Å². The Labute approximate surface area is 144 Å². The van der Waals surface area contributed by atoms with E-state index >= 15 is 0 Å². The lowest BCUT2D eigenvalue weighted by Gasteiger charge is -2.09. The molecule has 0 aliphatic carbocycles.